The smallest absolute Gasteiger partial charge is 0.462 e. The number of allylic oxidation sites excluding steroid dienone is 14. The normalized spacial score (nSPS) is 13.8. The maximum absolute atomic E-state index is 12.8. The van der Waals surface area contributed by atoms with Crippen molar-refractivity contribution in [3.05, 3.63) is 85.1 Å². The highest BCUT2D eigenvalue weighted by Gasteiger charge is 2.27. The van der Waals surface area contributed by atoms with Crippen LogP contribution < -0.4 is 0 Å². The molecule has 1 N–H and O–H groups in total. The first-order valence-electron chi connectivity index (χ1n) is 32.3. The highest BCUT2D eigenvalue weighted by molar-refractivity contribution is 7.47. The molecular weight excluding hydrogens is 990 g/mol. The molecule has 0 saturated heterocycles. The fourth-order valence-corrected chi connectivity index (χ4v) is 9.74. The van der Waals surface area contributed by atoms with Gasteiger partial charge in [0.15, 0.2) is 6.10 Å². The number of nitrogens with zero attached hydrogens (tertiary/aromatic N) is 1. The largest absolute Gasteiger partial charge is 0.472 e. The molecule has 0 rings (SSSR count). The average molecular weight is 1110 g/mol. The summed E-state index contributed by atoms with van der Waals surface area (Å²) in [6, 6.07) is 0. The van der Waals surface area contributed by atoms with Crippen LogP contribution in [0.25, 0.3) is 0 Å². The Kier molecular flexibility index (Phi) is 56.7. The highest BCUT2D eigenvalue weighted by atomic mass is 31.2. The van der Waals surface area contributed by atoms with Crippen LogP contribution in [-0.2, 0) is 32.7 Å². The van der Waals surface area contributed by atoms with E-state index in [4.69, 9.17) is 18.5 Å². The van der Waals surface area contributed by atoms with Gasteiger partial charge in [0, 0.05) is 12.8 Å². The molecule has 10 heteroatoms. The second kappa shape index (κ2) is 58.8. The van der Waals surface area contributed by atoms with Gasteiger partial charge in [-0.15, -0.1) is 0 Å². The van der Waals surface area contributed by atoms with Crippen LogP contribution in [0.3, 0.4) is 0 Å². The predicted molar refractivity (Wildman–Crippen MR) is 335 cm³/mol. The fourth-order valence-electron chi connectivity index (χ4n) is 9.00. The summed E-state index contributed by atoms with van der Waals surface area (Å²) in [4.78, 5) is 35.7. The van der Waals surface area contributed by atoms with Crippen molar-refractivity contribution in [1.29, 1.82) is 0 Å². The van der Waals surface area contributed by atoms with E-state index in [0.717, 1.165) is 77.0 Å². The molecule has 2 unspecified atom stereocenters. The summed E-state index contributed by atoms with van der Waals surface area (Å²) in [5.74, 6) is -0.786. The molecule has 2 atom stereocenters. The Morgan fingerprint density at radius 2 is 0.731 bits per heavy atom. The summed E-state index contributed by atoms with van der Waals surface area (Å²) >= 11 is 0. The molecule has 0 aliphatic rings. The number of ether oxygens (including phenoxy) is 2. The topological polar surface area (TPSA) is 108 Å². The third-order valence-electron chi connectivity index (χ3n) is 13.9. The second-order valence-corrected chi connectivity index (χ2v) is 24.2. The Bertz CT molecular complexity index is 1590. The van der Waals surface area contributed by atoms with Crippen molar-refractivity contribution in [2.45, 2.75) is 290 Å². The van der Waals surface area contributed by atoms with E-state index in [-0.39, 0.29) is 25.6 Å². The van der Waals surface area contributed by atoms with E-state index in [1.807, 2.05) is 21.1 Å². The monoisotopic (exact) mass is 1110 g/mol. The minimum Gasteiger partial charge on any atom is -0.462 e. The molecule has 0 aromatic rings. The molecule has 9 nitrogen and oxygen atoms in total. The second-order valence-electron chi connectivity index (χ2n) is 22.8. The number of phosphoric acid groups is 1. The SMILES string of the molecule is CC/C=C\C/C=C\C/C=C\C/C=C\C/C=C\C/C=C\C/C=C\CCCCCCCCCCCCCCCCCCCC(=O)OC(COC(=O)CCCCCCCCCCCCCCCCC)COP(=O)(O)OCC[N+](C)(C)C. The zero-order valence-electron chi connectivity index (χ0n) is 51.4. The summed E-state index contributed by atoms with van der Waals surface area (Å²) in [5.41, 5.74) is 0. The first kappa shape index (κ1) is 75.2. The molecular formula is C68H123NO8P+. The molecule has 0 aromatic carbocycles. The van der Waals surface area contributed by atoms with E-state index in [0.29, 0.717) is 23.9 Å². The molecule has 78 heavy (non-hydrogen) atoms. The first-order chi connectivity index (χ1) is 38.0. The first-order valence-corrected chi connectivity index (χ1v) is 33.8. The van der Waals surface area contributed by atoms with Crippen LogP contribution in [0.2, 0.25) is 0 Å². The Labute approximate surface area is 481 Å². The molecule has 0 radical (unpaired) electrons. The van der Waals surface area contributed by atoms with Gasteiger partial charge in [-0.25, -0.2) is 4.57 Å². The molecule has 0 aromatic heterocycles. The van der Waals surface area contributed by atoms with E-state index in [1.165, 1.54) is 173 Å². The third kappa shape index (κ3) is 62.4. The number of rotatable bonds is 59. The minimum atomic E-state index is -4.39. The fraction of sp³-hybridized carbons (Fsp3) is 0.765. The van der Waals surface area contributed by atoms with E-state index in [2.05, 4.69) is 98.9 Å². The zero-order valence-corrected chi connectivity index (χ0v) is 52.3. The third-order valence-corrected chi connectivity index (χ3v) is 14.9. The van der Waals surface area contributed by atoms with Crippen molar-refractivity contribution in [2.24, 2.45) is 0 Å². The molecule has 0 amide bonds. The average Bonchev–Trinajstić information content (AvgIpc) is 3.41. The van der Waals surface area contributed by atoms with E-state index in [1.54, 1.807) is 0 Å². The van der Waals surface area contributed by atoms with Crippen LogP contribution in [0.15, 0.2) is 85.1 Å². The van der Waals surface area contributed by atoms with E-state index in [9.17, 15) is 19.0 Å². The van der Waals surface area contributed by atoms with Gasteiger partial charge in [-0.3, -0.25) is 18.6 Å². The lowest BCUT2D eigenvalue weighted by Gasteiger charge is -2.24. The van der Waals surface area contributed by atoms with Crippen LogP contribution in [0, 0.1) is 0 Å². The van der Waals surface area contributed by atoms with E-state index >= 15 is 0 Å². The van der Waals surface area contributed by atoms with Gasteiger partial charge in [-0.05, 0) is 70.6 Å². The maximum atomic E-state index is 12.8. The van der Waals surface area contributed by atoms with Gasteiger partial charge in [0.2, 0.25) is 0 Å². The number of phosphoric ester groups is 1. The number of quaternary nitrogens is 1. The van der Waals surface area contributed by atoms with Gasteiger partial charge in [0.25, 0.3) is 0 Å². The van der Waals surface area contributed by atoms with Gasteiger partial charge in [-0.2, -0.15) is 0 Å². The van der Waals surface area contributed by atoms with Crippen molar-refractivity contribution < 1.29 is 42.1 Å². The van der Waals surface area contributed by atoms with Crippen LogP contribution >= 0.6 is 7.82 Å². The van der Waals surface area contributed by atoms with Gasteiger partial charge in [0.05, 0.1) is 27.7 Å². The van der Waals surface area contributed by atoms with Gasteiger partial charge in [0.1, 0.15) is 19.8 Å². The molecule has 0 saturated carbocycles. The quantitative estimate of drug-likeness (QED) is 0.0211. The summed E-state index contributed by atoms with van der Waals surface area (Å²) in [5, 5.41) is 0. The van der Waals surface area contributed by atoms with Crippen molar-refractivity contribution in [3.8, 4) is 0 Å². The van der Waals surface area contributed by atoms with Gasteiger partial charge in [-0.1, -0.05) is 285 Å². The molecule has 0 fully saturated rings. The highest BCUT2D eigenvalue weighted by Crippen LogP contribution is 2.43. The minimum absolute atomic E-state index is 0.0321. The zero-order chi connectivity index (χ0) is 57.0. The Hall–Kier alpha value is -2.81. The molecule has 0 aliphatic carbocycles. The molecule has 0 heterocycles. The van der Waals surface area contributed by atoms with Crippen molar-refractivity contribution in [3.63, 3.8) is 0 Å². The summed E-state index contributed by atoms with van der Waals surface area (Å²) in [6.45, 7) is 4.35. The Morgan fingerprint density at radius 3 is 1.09 bits per heavy atom. The van der Waals surface area contributed by atoms with Crippen LogP contribution in [-0.4, -0.2) is 74.9 Å². The van der Waals surface area contributed by atoms with Crippen molar-refractivity contribution in [1.82, 2.24) is 0 Å². The molecule has 0 aliphatic heterocycles. The molecule has 452 valence electrons. The standard InChI is InChI=1S/C68H122NO8P/c1-6-8-10-12-14-16-18-20-22-23-24-25-26-27-28-29-30-31-32-33-34-35-36-37-38-39-40-41-42-43-44-45-47-49-51-53-55-57-59-61-68(71)77-66(65-76-78(72,73)75-63-62-69(3,4)5)64-74-67(70)60-58-56-54-52-50-48-46-21-19-17-15-13-11-9-7-2/h8,10,14,16,20,22,24-25,27-28,30-31,33-34,66H,6-7,9,11-13,15,17-19,21,23,26,29,32,35-65H2,1-5H3/p+1/b10-8-,16-14-,22-20-,25-24-,28-27-,31-30-,34-33-. The van der Waals surface area contributed by atoms with Gasteiger partial charge >= 0.3 is 19.8 Å². The summed E-state index contributed by atoms with van der Waals surface area (Å²) in [6.07, 6.45) is 79.6. The number of carbonyl (C=O) groups excluding carboxylic acids is 2. The number of unbranched alkanes of at least 4 members (excludes halogenated alkanes) is 31. The van der Waals surface area contributed by atoms with Crippen molar-refractivity contribution in [2.75, 3.05) is 47.5 Å². The van der Waals surface area contributed by atoms with Crippen LogP contribution in [0.4, 0.5) is 0 Å². The number of likely N-dealkylation sites (N-methyl/N-ethyl adjacent to an activating group) is 1. The number of hydrogen-bond donors (Lipinski definition) is 1. The Balaban J connectivity index is 3.97. The molecule has 0 bridgehead atoms. The number of hydrogen-bond acceptors (Lipinski definition) is 7. The Morgan fingerprint density at radius 1 is 0.410 bits per heavy atom. The van der Waals surface area contributed by atoms with E-state index < -0.39 is 26.5 Å². The number of carbonyl (C=O) groups is 2. The lowest BCUT2D eigenvalue weighted by atomic mass is 10.0. The molecule has 0 spiro atoms. The maximum Gasteiger partial charge on any atom is 0.472 e. The van der Waals surface area contributed by atoms with Crippen molar-refractivity contribution >= 4 is 19.8 Å². The van der Waals surface area contributed by atoms with Crippen LogP contribution in [0.1, 0.15) is 284 Å². The lowest BCUT2D eigenvalue weighted by Crippen LogP contribution is -2.37. The number of esters is 2. The summed E-state index contributed by atoms with van der Waals surface area (Å²) in [7, 11) is 1.48. The van der Waals surface area contributed by atoms with Crippen LogP contribution in [0.5, 0.6) is 0 Å². The predicted octanol–water partition coefficient (Wildman–Crippen LogP) is 20.6. The lowest BCUT2D eigenvalue weighted by molar-refractivity contribution is -0.870. The summed E-state index contributed by atoms with van der Waals surface area (Å²) < 4.78 is 34.6. The van der Waals surface area contributed by atoms with Gasteiger partial charge < -0.3 is 18.9 Å².